The van der Waals surface area contributed by atoms with E-state index in [4.69, 9.17) is 23.2 Å². The van der Waals surface area contributed by atoms with Gasteiger partial charge in [0.05, 0.1) is 0 Å². The Balaban J connectivity index is 2.68. The van der Waals surface area contributed by atoms with Gasteiger partial charge in [-0.3, -0.25) is 4.79 Å². The smallest absolute Gasteiger partial charge is 0.251 e. The van der Waals surface area contributed by atoms with Gasteiger partial charge in [-0.05, 0) is 30.7 Å². The first-order valence-electron chi connectivity index (χ1n) is 4.73. The van der Waals surface area contributed by atoms with E-state index < -0.39 is 0 Å². The van der Waals surface area contributed by atoms with Crippen molar-refractivity contribution in [3.05, 3.63) is 56.4 Å². The van der Waals surface area contributed by atoms with Crippen molar-refractivity contribution in [2.24, 2.45) is 0 Å². The van der Waals surface area contributed by atoms with Crippen LogP contribution in [0.5, 0.6) is 0 Å². The molecule has 1 aromatic carbocycles. The molecule has 82 valence electrons. The van der Waals surface area contributed by atoms with Crippen LogP contribution in [0.1, 0.15) is 5.56 Å². The molecule has 0 atom stereocenters. The third-order valence-corrected chi connectivity index (χ3v) is 2.98. The van der Waals surface area contributed by atoms with E-state index in [1.54, 1.807) is 25.3 Å². The zero-order valence-electron chi connectivity index (χ0n) is 8.55. The van der Waals surface area contributed by atoms with Gasteiger partial charge in [0, 0.05) is 27.4 Å². The maximum absolute atomic E-state index is 11.5. The summed E-state index contributed by atoms with van der Waals surface area (Å²) in [5.74, 6) is 0. The van der Waals surface area contributed by atoms with E-state index in [9.17, 15) is 4.79 Å². The maximum atomic E-state index is 11.5. The normalized spacial score (nSPS) is 10.4. The molecule has 0 aliphatic carbocycles. The Bertz CT molecular complexity index is 590. The molecule has 4 heteroatoms. The van der Waals surface area contributed by atoms with Crippen LogP contribution < -0.4 is 5.56 Å². The Morgan fingerprint density at radius 1 is 1.12 bits per heavy atom. The standard InChI is InChI=1S/C12H9Cl2NO/c1-7-9(4-5-15-12(7)16)10-3-2-8(13)6-11(10)14/h2-6H,1H3,(H,15,16). The van der Waals surface area contributed by atoms with Gasteiger partial charge in [0.15, 0.2) is 0 Å². The molecule has 0 saturated heterocycles. The second-order valence-corrected chi connectivity index (χ2v) is 4.31. The molecule has 0 unspecified atom stereocenters. The minimum absolute atomic E-state index is 0.108. The number of aromatic nitrogens is 1. The number of nitrogens with one attached hydrogen (secondary N) is 1. The first kappa shape index (κ1) is 11.2. The summed E-state index contributed by atoms with van der Waals surface area (Å²) in [4.78, 5) is 14.1. The zero-order valence-corrected chi connectivity index (χ0v) is 10.1. The molecule has 1 N–H and O–H groups in total. The minimum Gasteiger partial charge on any atom is -0.329 e. The van der Waals surface area contributed by atoms with Crippen molar-refractivity contribution in [2.45, 2.75) is 6.92 Å². The van der Waals surface area contributed by atoms with Crippen molar-refractivity contribution in [3.8, 4) is 11.1 Å². The Kier molecular flexibility index (Phi) is 3.03. The summed E-state index contributed by atoms with van der Waals surface area (Å²) in [7, 11) is 0. The summed E-state index contributed by atoms with van der Waals surface area (Å²) >= 11 is 11.9. The van der Waals surface area contributed by atoms with Gasteiger partial charge in [-0.1, -0.05) is 29.3 Å². The Morgan fingerprint density at radius 2 is 1.88 bits per heavy atom. The molecule has 0 spiro atoms. The largest absolute Gasteiger partial charge is 0.329 e. The summed E-state index contributed by atoms with van der Waals surface area (Å²) in [5.41, 5.74) is 2.18. The highest BCUT2D eigenvalue weighted by Gasteiger charge is 2.08. The lowest BCUT2D eigenvalue weighted by Crippen LogP contribution is -2.09. The summed E-state index contributed by atoms with van der Waals surface area (Å²) in [6.45, 7) is 1.76. The van der Waals surface area contributed by atoms with Crippen LogP contribution in [-0.4, -0.2) is 4.98 Å². The van der Waals surface area contributed by atoms with Gasteiger partial charge in [-0.15, -0.1) is 0 Å². The van der Waals surface area contributed by atoms with Crippen molar-refractivity contribution in [2.75, 3.05) is 0 Å². The van der Waals surface area contributed by atoms with Crippen LogP contribution in [0.2, 0.25) is 10.0 Å². The lowest BCUT2D eigenvalue weighted by atomic mass is 10.0. The molecule has 16 heavy (non-hydrogen) atoms. The third-order valence-electron chi connectivity index (χ3n) is 2.43. The van der Waals surface area contributed by atoms with Gasteiger partial charge in [-0.2, -0.15) is 0 Å². The van der Waals surface area contributed by atoms with Gasteiger partial charge in [0.1, 0.15) is 0 Å². The molecule has 2 nitrogen and oxygen atoms in total. The van der Waals surface area contributed by atoms with E-state index in [1.807, 2.05) is 12.1 Å². The third kappa shape index (κ3) is 1.99. The average molecular weight is 254 g/mol. The number of halogens is 2. The lowest BCUT2D eigenvalue weighted by Gasteiger charge is -2.07. The fourth-order valence-corrected chi connectivity index (χ4v) is 2.07. The molecule has 0 fully saturated rings. The predicted molar refractivity (Wildman–Crippen MR) is 67.3 cm³/mol. The van der Waals surface area contributed by atoms with Crippen LogP contribution in [0.3, 0.4) is 0 Å². The van der Waals surface area contributed by atoms with Crippen molar-refractivity contribution < 1.29 is 0 Å². The fourth-order valence-electron chi connectivity index (χ4n) is 1.56. The molecule has 2 rings (SSSR count). The second kappa shape index (κ2) is 4.32. The molecule has 0 bridgehead atoms. The van der Waals surface area contributed by atoms with Crippen molar-refractivity contribution >= 4 is 23.2 Å². The summed E-state index contributed by atoms with van der Waals surface area (Å²) in [5, 5.41) is 1.12. The monoisotopic (exact) mass is 253 g/mol. The number of aromatic amines is 1. The van der Waals surface area contributed by atoms with Crippen LogP contribution in [0.4, 0.5) is 0 Å². The average Bonchev–Trinajstić information content (AvgIpc) is 2.23. The molecule has 1 aromatic heterocycles. The number of hydrogen-bond acceptors (Lipinski definition) is 1. The maximum Gasteiger partial charge on any atom is 0.251 e. The Morgan fingerprint density at radius 3 is 2.56 bits per heavy atom. The molecular weight excluding hydrogens is 245 g/mol. The van der Waals surface area contributed by atoms with Crippen LogP contribution in [-0.2, 0) is 0 Å². The van der Waals surface area contributed by atoms with Gasteiger partial charge < -0.3 is 4.98 Å². The first-order chi connectivity index (χ1) is 7.59. The molecule has 0 saturated carbocycles. The SMILES string of the molecule is Cc1c(-c2ccc(Cl)cc2Cl)cc[nH]c1=O. The summed E-state index contributed by atoms with van der Waals surface area (Å²) < 4.78 is 0. The Labute approximate surface area is 103 Å². The highest BCUT2D eigenvalue weighted by atomic mass is 35.5. The predicted octanol–water partition coefficient (Wildman–Crippen LogP) is 3.66. The number of rotatable bonds is 1. The van der Waals surface area contributed by atoms with E-state index in [1.165, 1.54) is 0 Å². The number of hydrogen-bond donors (Lipinski definition) is 1. The molecule has 0 radical (unpaired) electrons. The van der Waals surface area contributed by atoms with E-state index in [0.29, 0.717) is 15.6 Å². The number of pyridine rings is 1. The summed E-state index contributed by atoms with van der Waals surface area (Å²) in [6, 6.07) is 7.06. The van der Waals surface area contributed by atoms with E-state index in [-0.39, 0.29) is 5.56 Å². The number of H-pyrrole nitrogens is 1. The molecule has 0 amide bonds. The molecule has 0 aliphatic heterocycles. The minimum atomic E-state index is -0.108. The first-order valence-corrected chi connectivity index (χ1v) is 5.49. The molecule has 2 aromatic rings. The highest BCUT2D eigenvalue weighted by molar-refractivity contribution is 6.36. The zero-order chi connectivity index (χ0) is 11.7. The topological polar surface area (TPSA) is 32.9 Å². The van der Waals surface area contributed by atoms with Crippen LogP contribution in [0, 0.1) is 6.92 Å². The lowest BCUT2D eigenvalue weighted by molar-refractivity contribution is 1.18. The van der Waals surface area contributed by atoms with Crippen molar-refractivity contribution in [1.82, 2.24) is 4.98 Å². The van der Waals surface area contributed by atoms with Gasteiger partial charge in [-0.25, -0.2) is 0 Å². The quantitative estimate of drug-likeness (QED) is 0.827. The van der Waals surface area contributed by atoms with E-state index in [0.717, 1.165) is 11.1 Å². The van der Waals surface area contributed by atoms with Gasteiger partial charge in [0.25, 0.3) is 5.56 Å². The van der Waals surface area contributed by atoms with Crippen molar-refractivity contribution in [3.63, 3.8) is 0 Å². The molecular formula is C12H9Cl2NO. The van der Waals surface area contributed by atoms with Crippen LogP contribution >= 0.6 is 23.2 Å². The second-order valence-electron chi connectivity index (χ2n) is 3.47. The number of benzene rings is 1. The van der Waals surface area contributed by atoms with Crippen LogP contribution in [0.25, 0.3) is 11.1 Å². The highest BCUT2D eigenvalue weighted by Crippen LogP contribution is 2.30. The van der Waals surface area contributed by atoms with Gasteiger partial charge in [0.2, 0.25) is 0 Å². The summed E-state index contributed by atoms with van der Waals surface area (Å²) in [6.07, 6.45) is 1.61. The molecule has 1 heterocycles. The fraction of sp³-hybridized carbons (Fsp3) is 0.0833. The van der Waals surface area contributed by atoms with Crippen molar-refractivity contribution in [1.29, 1.82) is 0 Å². The van der Waals surface area contributed by atoms with Gasteiger partial charge >= 0.3 is 0 Å². The van der Waals surface area contributed by atoms with Crippen LogP contribution in [0.15, 0.2) is 35.3 Å². The Hall–Kier alpha value is -1.25. The van der Waals surface area contributed by atoms with E-state index >= 15 is 0 Å². The molecule has 0 aliphatic rings. The van der Waals surface area contributed by atoms with E-state index in [2.05, 4.69) is 4.98 Å².